The van der Waals surface area contributed by atoms with Gasteiger partial charge in [-0.05, 0) is 38.0 Å². The summed E-state index contributed by atoms with van der Waals surface area (Å²) in [5.41, 5.74) is 2.08. The van der Waals surface area contributed by atoms with Gasteiger partial charge in [-0.1, -0.05) is 27.7 Å². The average Bonchev–Trinajstić information content (AvgIpc) is 2.74. The molecular formula is C24H38N4O3. The number of amides is 3. The second-order valence-electron chi connectivity index (χ2n) is 8.82. The number of anilines is 2. The first-order chi connectivity index (χ1) is 14.7. The highest BCUT2D eigenvalue weighted by atomic mass is 16.2. The van der Waals surface area contributed by atoms with Crippen molar-refractivity contribution >= 4 is 29.1 Å². The summed E-state index contributed by atoms with van der Waals surface area (Å²) in [7, 11) is 0. The van der Waals surface area contributed by atoms with Crippen LogP contribution in [0, 0.1) is 11.8 Å². The van der Waals surface area contributed by atoms with Crippen molar-refractivity contribution in [3.63, 3.8) is 0 Å². The molecule has 0 unspecified atom stereocenters. The topological polar surface area (TPSA) is 73.0 Å². The number of rotatable bonds is 8. The van der Waals surface area contributed by atoms with Gasteiger partial charge in [0.1, 0.15) is 0 Å². The number of benzene rings is 1. The molecule has 2 rings (SSSR count). The van der Waals surface area contributed by atoms with Gasteiger partial charge in [0, 0.05) is 63.0 Å². The fourth-order valence-corrected chi connectivity index (χ4v) is 3.70. The van der Waals surface area contributed by atoms with Gasteiger partial charge in [0.2, 0.25) is 11.8 Å². The molecule has 7 heteroatoms. The Labute approximate surface area is 186 Å². The molecule has 172 valence electrons. The minimum absolute atomic E-state index is 0.0426. The zero-order valence-electron chi connectivity index (χ0n) is 19.9. The summed E-state index contributed by atoms with van der Waals surface area (Å²) in [6.07, 6.45) is 0.565. The minimum atomic E-state index is -0.141. The van der Waals surface area contributed by atoms with E-state index in [1.807, 2.05) is 44.7 Å². The number of carbonyl (C=O) groups is 3. The van der Waals surface area contributed by atoms with E-state index in [0.29, 0.717) is 62.9 Å². The highest BCUT2D eigenvalue weighted by molar-refractivity contribution is 6.02. The van der Waals surface area contributed by atoms with Crippen molar-refractivity contribution < 1.29 is 14.4 Å². The second kappa shape index (κ2) is 11.2. The molecule has 3 amide bonds. The maximum atomic E-state index is 13.3. The van der Waals surface area contributed by atoms with Crippen LogP contribution in [0.2, 0.25) is 0 Å². The molecule has 1 aliphatic rings. The number of hydrogen-bond acceptors (Lipinski definition) is 4. The molecule has 1 aliphatic heterocycles. The molecule has 1 fully saturated rings. The van der Waals surface area contributed by atoms with E-state index < -0.39 is 0 Å². The molecule has 1 heterocycles. The molecule has 0 bridgehead atoms. The van der Waals surface area contributed by atoms with Crippen LogP contribution in [0.5, 0.6) is 0 Å². The molecule has 1 aromatic carbocycles. The van der Waals surface area contributed by atoms with Crippen LogP contribution in [0.25, 0.3) is 0 Å². The van der Waals surface area contributed by atoms with Crippen molar-refractivity contribution in [2.45, 2.75) is 48.0 Å². The van der Waals surface area contributed by atoms with Gasteiger partial charge in [-0.2, -0.15) is 0 Å². The number of hydrogen-bond donors (Lipinski definition) is 1. The van der Waals surface area contributed by atoms with Crippen LogP contribution in [0.1, 0.15) is 58.3 Å². The van der Waals surface area contributed by atoms with Crippen molar-refractivity contribution in [2.75, 3.05) is 49.5 Å². The Balaban J connectivity index is 2.26. The van der Waals surface area contributed by atoms with Gasteiger partial charge in [0.05, 0.1) is 5.56 Å². The molecule has 0 radical (unpaired) electrons. The van der Waals surface area contributed by atoms with Crippen molar-refractivity contribution in [1.29, 1.82) is 0 Å². The third kappa shape index (κ3) is 6.45. The largest absolute Gasteiger partial charge is 0.367 e. The zero-order valence-corrected chi connectivity index (χ0v) is 19.9. The Morgan fingerprint density at radius 2 is 1.61 bits per heavy atom. The number of nitrogens with zero attached hydrogens (tertiary/aromatic N) is 3. The van der Waals surface area contributed by atoms with Gasteiger partial charge in [-0.25, -0.2) is 0 Å². The van der Waals surface area contributed by atoms with E-state index in [0.717, 1.165) is 5.69 Å². The second-order valence-corrected chi connectivity index (χ2v) is 8.82. The Morgan fingerprint density at radius 3 is 2.13 bits per heavy atom. The minimum Gasteiger partial charge on any atom is -0.367 e. The van der Waals surface area contributed by atoms with E-state index in [4.69, 9.17) is 0 Å². The van der Waals surface area contributed by atoms with E-state index in [1.54, 1.807) is 11.0 Å². The number of carbonyl (C=O) groups excluding carboxylic acids is 3. The van der Waals surface area contributed by atoms with Gasteiger partial charge < -0.3 is 20.0 Å². The smallest absolute Gasteiger partial charge is 0.256 e. The lowest BCUT2D eigenvalue weighted by Crippen LogP contribution is -2.49. The summed E-state index contributed by atoms with van der Waals surface area (Å²) in [4.78, 5) is 43.7. The normalized spacial score (nSPS) is 14.2. The fourth-order valence-electron chi connectivity index (χ4n) is 3.70. The maximum Gasteiger partial charge on any atom is 0.256 e. The standard InChI is InChI=1S/C24H38N4O3/c1-7-26(8-2)24(31)20-16-19(25-23(30)18(5)6)9-10-21(20)27-11-13-28(14-12-27)22(29)15-17(3)4/h9-10,16-18H,7-8,11-15H2,1-6H3,(H,25,30). The molecule has 7 nitrogen and oxygen atoms in total. The van der Waals surface area contributed by atoms with Crippen molar-refractivity contribution in [1.82, 2.24) is 9.80 Å². The molecule has 0 aromatic heterocycles. The molecule has 1 saturated heterocycles. The lowest BCUT2D eigenvalue weighted by molar-refractivity contribution is -0.132. The molecule has 1 aromatic rings. The first-order valence-corrected chi connectivity index (χ1v) is 11.4. The van der Waals surface area contributed by atoms with Crippen LogP contribution >= 0.6 is 0 Å². The van der Waals surface area contributed by atoms with Gasteiger partial charge in [0.25, 0.3) is 5.91 Å². The van der Waals surface area contributed by atoms with E-state index in [1.165, 1.54) is 0 Å². The van der Waals surface area contributed by atoms with E-state index in [-0.39, 0.29) is 23.6 Å². The summed E-state index contributed by atoms with van der Waals surface area (Å²) >= 11 is 0. The third-order valence-corrected chi connectivity index (χ3v) is 5.63. The fraction of sp³-hybridized carbons (Fsp3) is 0.625. The molecule has 0 spiro atoms. The Morgan fingerprint density at radius 1 is 1.00 bits per heavy atom. The van der Waals surface area contributed by atoms with E-state index in [9.17, 15) is 14.4 Å². The zero-order chi connectivity index (χ0) is 23.1. The molecular weight excluding hydrogens is 392 g/mol. The van der Waals surface area contributed by atoms with Gasteiger partial charge in [-0.15, -0.1) is 0 Å². The predicted molar refractivity (Wildman–Crippen MR) is 125 cm³/mol. The van der Waals surface area contributed by atoms with Gasteiger partial charge >= 0.3 is 0 Å². The number of piperazine rings is 1. The van der Waals surface area contributed by atoms with E-state index >= 15 is 0 Å². The highest BCUT2D eigenvalue weighted by Crippen LogP contribution is 2.27. The summed E-state index contributed by atoms with van der Waals surface area (Å²) in [6.45, 7) is 15.6. The molecule has 1 N–H and O–H groups in total. The van der Waals surface area contributed by atoms with Crippen molar-refractivity contribution in [3.05, 3.63) is 23.8 Å². The molecule has 0 atom stereocenters. The summed E-state index contributed by atoms with van der Waals surface area (Å²) in [6, 6.07) is 5.55. The quantitative estimate of drug-likeness (QED) is 0.686. The molecule has 0 saturated carbocycles. The van der Waals surface area contributed by atoms with Crippen LogP contribution in [0.4, 0.5) is 11.4 Å². The predicted octanol–water partition coefficient (Wildman–Crippen LogP) is 3.46. The van der Waals surface area contributed by atoms with Crippen LogP contribution in [-0.2, 0) is 9.59 Å². The Bertz CT molecular complexity index is 779. The highest BCUT2D eigenvalue weighted by Gasteiger charge is 2.26. The Kier molecular flexibility index (Phi) is 8.89. The van der Waals surface area contributed by atoms with Crippen LogP contribution < -0.4 is 10.2 Å². The average molecular weight is 431 g/mol. The first kappa shape index (κ1) is 24.7. The lowest BCUT2D eigenvalue weighted by Gasteiger charge is -2.37. The van der Waals surface area contributed by atoms with Crippen LogP contribution in [0.3, 0.4) is 0 Å². The van der Waals surface area contributed by atoms with Crippen molar-refractivity contribution in [3.8, 4) is 0 Å². The maximum absolute atomic E-state index is 13.3. The summed E-state index contributed by atoms with van der Waals surface area (Å²) in [5, 5.41) is 2.90. The SMILES string of the molecule is CCN(CC)C(=O)c1cc(NC(=O)C(C)C)ccc1N1CCN(C(=O)CC(C)C)CC1. The van der Waals surface area contributed by atoms with Gasteiger partial charge in [-0.3, -0.25) is 14.4 Å². The monoisotopic (exact) mass is 430 g/mol. The lowest BCUT2D eigenvalue weighted by atomic mass is 10.1. The van der Waals surface area contributed by atoms with Gasteiger partial charge in [0.15, 0.2) is 0 Å². The van der Waals surface area contributed by atoms with Crippen molar-refractivity contribution in [2.24, 2.45) is 11.8 Å². The molecule has 31 heavy (non-hydrogen) atoms. The summed E-state index contributed by atoms with van der Waals surface area (Å²) in [5.74, 6) is 0.279. The summed E-state index contributed by atoms with van der Waals surface area (Å²) < 4.78 is 0. The van der Waals surface area contributed by atoms with Crippen LogP contribution in [0.15, 0.2) is 18.2 Å². The number of nitrogens with one attached hydrogen (secondary N) is 1. The Hall–Kier alpha value is -2.57. The molecule has 0 aliphatic carbocycles. The van der Waals surface area contributed by atoms with E-state index in [2.05, 4.69) is 24.1 Å². The first-order valence-electron chi connectivity index (χ1n) is 11.4. The van der Waals surface area contributed by atoms with Crippen LogP contribution in [-0.4, -0.2) is 66.8 Å². The third-order valence-electron chi connectivity index (χ3n) is 5.63.